The van der Waals surface area contributed by atoms with Gasteiger partial charge in [-0.05, 0) is 43.0 Å². The van der Waals surface area contributed by atoms with Gasteiger partial charge in [0.25, 0.3) is 0 Å². The highest BCUT2D eigenvalue weighted by atomic mass is 16.5. The molecule has 0 aromatic heterocycles. The first-order valence-electron chi connectivity index (χ1n) is 7.39. The molecule has 0 bridgehead atoms. The van der Waals surface area contributed by atoms with Crippen LogP contribution in [-0.2, 0) is 5.41 Å². The van der Waals surface area contributed by atoms with E-state index in [9.17, 15) is 0 Å². The summed E-state index contributed by atoms with van der Waals surface area (Å²) in [5.41, 5.74) is 1.47. The van der Waals surface area contributed by atoms with Crippen molar-refractivity contribution in [2.45, 2.75) is 65.5 Å². The minimum atomic E-state index is 0.161. The molecule has 0 aliphatic rings. The van der Waals surface area contributed by atoms with Crippen molar-refractivity contribution in [3.05, 3.63) is 29.8 Å². The SMILES string of the molecule is CCNC(CC)C(C)Oc1cccc(C(C)(C)C)c1. The summed E-state index contributed by atoms with van der Waals surface area (Å²) in [5, 5.41) is 3.47. The first-order chi connectivity index (χ1) is 8.88. The average Bonchev–Trinajstić information content (AvgIpc) is 2.35. The molecule has 0 aliphatic heterocycles. The Morgan fingerprint density at radius 1 is 1.21 bits per heavy atom. The summed E-state index contributed by atoms with van der Waals surface area (Å²) in [6.07, 6.45) is 1.26. The molecule has 2 heteroatoms. The molecule has 1 rings (SSSR count). The smallest absolute Gasteiger partial charge is 0.120 e. The molecule has 0 saturated carbocycles. The van der Waals surface area contributed by atoms with E-state index in [0.29, 0.717) is 6.04 Å². The van der Waals surface area contributed by atoms with E-state index in [2.05, 4.69) is 65.1 Å². The van der Waals surface area contributed by atoms with Gasteiger partial charge < -0.3 is 10.1 Å². The van der Waals surface area contributed by atoms with E-state index in [-0.39, 0.29) is 11.5 Å². The summed E-state index contributed by atoms with van der Waals surface area (Å²) in [4.78, 5) is 0. The molecule has 1 aromatic rings. The Labute approximate surface area is 118 Å². The third-order valence-electron chi connectivity index (χ3n) is 3.49. The largest absolute Gasteiger partial charge is 0.489 e. The Morgan fingerprint density at radius 2 is 1.89 bits per heavy atom. The van der Waals surface area contributed by atoms with Gasteiger partial charge in [-0.1, -0.05) is 46.8 Å². The molecule has 0 amide bonds. The molecule has 0 saturated heterocycles. The maximum atomic E-state index is 6.09. The van der Waals surface area contributed by atoms with Crippen LogP contribution in [-0.4, -0.2) is 18.7 Å². The first-order valence-corrected chi connectivity index (χ1v) is 7.39. The lowest BCUT2D eigenvalue weighted by molar-refractivity contribution is 0.168. The van der Waals surface area contributed by atoms with Crippen molar-refractivity contribution < 1.29 is 4.74 Å². The van der Waals surface area contributed by atoms with Gasteiger partial charge in [-0.2, -0.15) is 0 Å². The fourth-order valence-corrected chi connectivity index (χ4v) is 2.24. The molecule has 2 unspecified atom stereocenters. The van der Waals surface area contributed by atoms with Crippen molar-refractivity contribution in [3.8, 4) is 5.75 Å². The van der Waals surface area contributed by atoms with Crippen LogP contribution in [0.2, 0.25) is 0 Å². The van der Waals surface area contributed by atoms with Crippen LogP contribution in [0.4, 0.5) is 0 Å². The van der Waals surface area contributed by atoms with E-state index in [1.54, 1.807) is 0 Å². The van der Waals surface area contributed by atoms with E-state index < -0.39 is 0 Å². The minimum absolute atomic E-state index is 0.161. The van der Waals surface area contributed by atoms with Crippen LogP contribution in [0.1, 0.15) is 53.5 Å². The molecule has 0 radical (unpaired) electrons. The number of hydrogen-bond donors (Lipinski definition) is 1. The molecule has 2 atom stereocenters. The van der Waals surface area contributed by atoms with Gasteiger partial charge in [-0.15, -0.1) is 0 Å². The summed E-state index contributed by atoms with van der Waals surface area (Å²) >= 11 is 0. The van der Waals surface area contributed by atoms with Gasteiger partial charge in [-0.3, -0.25) is 0 Å². The average molecular weight is 263 g/mol. The van der Waals surface area contributed by atoms with Crippen molar-refractivity contribution in [1.29, 1.82) is 0 Å². The van der Waals surface area contributed by atoms with Crippen molar-refractivity contribution in [1.82, 2.24) is 5.32 Å². The van der Waals surface area contributed by atoms with Crippen molar-refractivity contribution in [2.75, 3.05) is 6.54 Å². The molecule has 108 valence electrons. The van der Waals surface area contributed by atoms with Crippen LogP contribution < -0.4 is 10.1 Å². The number of likely N-dealkylation sites (N-methyl/N-ethyl adjacent to an activating group) is 1. The molecule has 0 aliphatic carbocycles. The second kappa shape index (κ2) is 6.95. The van der Waals surface area contributed by atoms with Crippen LogP contribution in [0.25, 0.3) is 0 Å². The summed E-state index contributed by atoms with van der Waals surface area (Å²) < 4.78 is 6.09. The van der Waals surface area contributed by atoms with Crippen LogP contribution in [0, 0.1) is 0 Å². The van der Waals surface area contributed by atoms with Gasteiger partial charge in [0.2, 0.25) is 0 Å². The van der Waals surface area contributed by atoms with Crippen LogP contribution in [0.15, 0.2) is 24.3 Å². The van der Waals surface area contributed by atoms with Crippen LogP contribution in [0.3, 0.4) is 0 Å². The first kappa shape index (κ1) is 16.0. The quantitative estimate of drug-likeness (QED) is 0.833. The molecule has 1 N–H and O–H groups in total. The lowest BCUT2D eigenvalue weighted by Crippen LogP contribution is -2.40. The lowest BCUT2D eigenvalue weighted by atomic mass is 9.87. The van der Waals surface area contributed by atoms with Gasteiger partial charge in [-0.25, -0.2) is 0 Å². The predicted molar refractivity (Wildman–Crippen MR) is 83.0 cm³/mol. The maximum Gasteiger partial charge on any atom is 0.120 e. The van der Waals surface area contributed by atoms with Crippen LogP contribution >= 0.6 is 0 Å². The third-order valence-corrected chi connectivity index (χ3v) is 3.49. The van der Waals surface area contributed by atoms with Gasteiger partial charge >= 0.3 is 0 Å². The molecule has 0 fully saturated rings. The number of benzene rings is 1. The van der Waals surface area contributed by atoms with Gasteiger partial charge in [0, 0.05) is 6.04 Å². The zero-order valence-electron chi connectivity index (χ0n) is 13.3. The molecule has 0 heterocycles. The van der Waals surface area contributed by atoms with E-state index in [1.807, 2.05) is 6.07 Å². The van der Waals surface area contributed by atoms with Gasteiger partial charge in [0.05, 0.1) is 0 Å². The summed E-state index contributed by atoms with van der Waals surface area (Å²) in [6.45, 7) is 14.1. The molecular weight excluding hydrogens is 234 g/mol. The Balaban J connectivity index is 2.76. The second-order valence-corrected chi connectivity index (χ2v) is 6.17. The minimum Gasteiger partial charge on any atom is -0.489 e. The fourth-order valence-electron chi connectivity index (χ4n) is 2.24. The van der Waals surface area contributed by atoms with Crippen molar-refractivity contribution in [3.63, 3.8) is 0 Å². The van der Waals surface area contributed by atoms with Crippen LogP contribution in [0.5, 0.6) is 5.75 Å². The monoisotopic (exact) mass is 263 g/mol. The highest BCUT2D eigenvalue weighted by Crippen LogP contribution is 2.26. The Kier molecular flexibility index (Phi) is 5.86. The van der Waals surface area contributed by atoms with E-state index in [4.69, 9.17) is 4.74 Å². The zero-order chi connectivity index (χ0) is 14.5. The number of rotatable bonds is 6. The van der Waals surface area contributed by atoms with Gasteiger partial charge in [0.1, 0.15) is 11.9 Å². The summed E-state index contributed by atoms with van der Waals surface area (Å²) in [7, 11) is 0. The Hall–Kier alpha value is -1.02. The normalized spacial score (nSPS) is 15.1. The second-order valence-electron chi connectivity index (χ2n) is 6.17. The summed E-state index contributed by atoms with van der Waals surface area (Å²) in [5.74, 6) is 0.969. The topological polar surface area (TPSA) is 21.3 Å². The Morgan fingerprint density at radius 3 is 2.42 bits per heavy atom. The van der Waals surface area contributed by atoms with Crippen molar-refractivity contribution in [2.24, 2.45) is 0 Å². The summed E-state index contributed by atoms with van der Waals surface area (Å²) in [6, 6.07) is 8.86. The molecule has 0 spiro atoms. The van der Waals surface area contributed by atoms with Gasteiger partial charge in [0.15, 0.2) is 0 Å². The standard InChI is InChI=1S/C17H29NO/c1-7-16(18-8-2)13(3)19-15-11-9-10-14(12-15)17(4,5)6/h9-13,16,18H,7-8H2,1-6H3. The Bertz CT molecular complexity index is 381. The van der Waals surface area contributed by atoms with Crippen molar-refractivity contribution >= 4 is 0 Å². The molecule has 1 aromatic carbocycles. The molecule has 2 nitrogen and oxygen atoms in total. The van der Waals surface area contributed by atoms with E-state index in [1.165, 1.54) is 5.56 Å². The maximum absolute atomic E-state index is 6.09. The predicted octanol–water partition coefficient (Wildman–Crippen LogP) is 4.14. The van der Waals surface area contributed by atoms with E-state index in [0.717, 1.165) is 18.7 Å². The number of nitrogens with one attached hydrogen (secondary N) is 1. The molecular formula is C17H29NO. The number of ether oxygens (including phenoxy) is 1. The highest BCUT2D eigenvalue weighted by Gasteiger charge is 2.18. The lowest BCUT2D eigenvalue weighted by Gasteiger charge is -2.26. The van der Waals surface area contributed by atoms with E-state index >= 15 is 0 Å². The molecule has 19 heavy (non-hydrogen) atoms. The third kappa shape index (κ3) is 4.87. The zero-order valence-corrected chi connectivity index (χ0v) is 13.3. The highest BCUT2D eigenvalue weighted by molar-refractivity contribution is 5.32. The number of hydrogen-bond acceptors (Lipinski definition) is 2. The fraction of sp³-hybridized carbons (Fsp3) is 0.647.